The topological polar surface area (TPSA) is 86.0 Å². The van der Waals surface area contributed by atoms with Crippen LogP contribution in [0.25, 0.3) is 11.4 Å². The molecule has 4 rings (SSSR count). The van der Waals surface area contributed by atoms with Gasteiger partial charge in [0.1, 0.15) is 17.9 Å². The van der Waals surface area contributed by atoms with E-state index in [-0.39, 0.29) is 0 Å². The van der Waals surface area contributed by atoms with E-state index in [0.29, 0.717) is 24.2 Å². The van der Waals surface area contributed by atoms with Crippen molar-refractivity contribution in [1.82, 2.24) is 29.8 Å². The predicted molar refractivity (Wildman–Crippen MR) is 89.5 cm³/mol. The van der Waals surface area contributed by atoms with Crippen LogP contribution >= 0.6 is 0 Å². The third-order valence-corrected chi connectivity index (χ3v) is 4.60. The van der Waals surface area contributed by atoms with Crippen molar-refractivity contribution in [3.05, 3.63) is 36.1 Å². The second-order valence-electron chi connectivity index (χ2n) is 6.66. The summed E-state index contributed by atoms with van der Waals surface area (Å²) < 4.78 is 12.5. The zero-order chi connectivity index (χ0) is 17.2. The lowest BCUT2D eigenvalue weighted by Gasteiger charge is -2.31. The van der Waals surface area contributed by atoms with Gasteiger partial charge in [0.2, 0.25) is 11.7 Å². The molecule has 0 N–H and O–H groups in total. The second kappa shape index (κ2) is 6.79. The molecule has 0 amide bonds. The quantitative estimate of drug-likeness (QED) is 0.704. The van der Waals surface area contributed by atoms with E-state index in [1.807, 2.05) is 24.6 Å². The van der Waals surface area contributed by atoms with Crippen LogP contribution in [0.1, 0.15) is 30.4 Å². The summed E-state index contributed by atoms with van der Waals surface area (Å²) in [6, 6.07) is 1.83. The molecule has 1 aliphatic heterocycles. The molecule has 8 nitrogen and oxygen atoms in total. The van der Waals surface area contributed by atoms with Crippen LogP contribution in [0.4, 0.5) is 0 Å². The fourth-order valence-electron chi connectivity index (χ4n) is 3.44. The molecular weight excluding hydrogens is 320 g/mol. The van der Waals surface area contributed by atoms with Crippen LogP contribution in [0.3, 0.4) is 0 Å². The van der Waals surface area contributed by atoms with Crippen molar-refractivity contribution in [1.29, 1.82) is 0 Å². The minimum Gasteiger partial charge on any atom is -0.472 e. The average molecular weight is 342 g/mol. The summed E-state index contributed by atoms with van der Waals surface area (Å²) in [7, 11) is 0. The lowest BCUT2D eigenvalue weighted by Crippen LogP contribution is -2.37. The Bertz CT molecular complexity index is 822. The molecule has 132 valence electrons. The van der Waals surface area contributed by atoms with Crippen molar-refractivity contribution in [2.45, 2.75) is 39.8 Å². The number of likely N-dealkylation sites (tertiary alicyclic amines) is 1. The van der Waals surface area contributed by atoms with Crippen LogP contribution in [-0.4, -0.2) is 42.9 Å². The van der Waals surface area contributed by atoms with Gasteiger partial charge in [0.25, 0.3) is 0 Å². The number of hydrogen-bond acceptors (Lipinski definition) is 7. The van der Waals surface area contributed by atoms with E-state index in [2.05, 4.69) is 25.1 Å². The Morgan fingerprint density at radius 1 is 1.28 bits per heavy atom. The van der Waals surface area contributed by atoms with E-state index in [0.717, 1.165) is 36.8 Å². The van der Waals surface area contributed by atoms with Crippen molar-refractivity contribution in [3.8, 4) is 11.4 Å². The van der Waals surface area contributed by atoms with Crippen LogP contribution in [0.2, 0.25) is 0 Å². The van der Waals surface area contributed by atoms with E-state index < -0.39 is 0 Å². The van der Waals surface area contributed by atoms with E-state index in [1.165, 1.54) is 12.8 Å². The largest absolute Gasteiger partial charge is 0.472 e. The summed E-state index contributed by atoms with van der Waals surface area (Å²) in [6.07, 6.45) is 5.60. The molecule has 1 unspecified atom stereocenters. The van der Waals surface area contributed by atoms with Crippen molar-refractivity contribution in [3.63, 3.8) is 0 Å². The molecule has 0 saturated carbocycles. The molecule has 1 atom stereocenters. The van der Waals surface area contributed by atoms with E-state index in [4.69, 9.17) is 8.94 Å². The Kier molecular flexibility index (Phi) is 4.35. The summed E-state index contributed by atoms with van der Waals surface area (Å²) in [6.45, 7) is 7.58. The lowest BCUT2D eigenvalue weighted by molar-refractivity contribution is 0.138. The van der Waals surface area contributed by atoms with Crippen LogP contribution in [0.15, 0.2) is 27.5 Å². The van der Waals surface area contributed by atoms with Gasteiger partial charge in [-0.15, -0.1) is 0 Å². The summed E-state index contributed by atoms with van der Waals surface area (Å²) in [5.41, 5.74) is 0.837. The molecule has 0 aromatic carbocycles. The highest BCUT2D eigenvalue weighted by Gasteiger charge is 2.23. The highest BCUT2D eigenvalue weighted by atomic mass is 16.5. The maximum Gasteiger partial charge on any atom is 0.241 e. The smallest absolute Gasteiger partial charge is 0.241 e. The maximum atomic E-state index is 5.40. The molecule has 25 heavy (non-hydrogen) atoms. The molecule has 0 spiro atoms. The Morgan fingerprint density at radius 2 is 2.20 bits per heavy atom. The van der Waals surface area contributed by atoms with Crippen molar-refractivity contribution in [2.24, 2.45) is 5.92 Å². The summed E-state index contributed by atoms with van der Waals surface area (Å²) in [5, 5.41) is 8.51. The first-order valence-electron chi connectivity index (χ1n) is 8.63. The number of aryl methyl sites for hydroxylation is 2. The van der Waals surface area contributed by atoms with E-state index in [9.17, 15) is 0 Å². The second-order valence-corrected chi connectivity index (χ2v) is 6.66. The summed E-state index contributed by atoms with van der Waals surface area (Å²) in [5.74, 6) is 3.60. The first-order chi connectivity index (χ1) is 12.2. The highest BCUT2D eigenvalue weighted by Crippen LogP contribution is 2.21. The van der Waals surface area contributed by atoms with Gasteiger partial charge in [-0.05, 0) is 45.2 Å². The van der Waals surface area contributed by atoms with Gasteiger partial charge in [0.15, 0.2) is 0 Å². The fourth-order valence-corrected chi connectivity index (χ4v) is 3.44. The van der Waals surface area contributed by atoms with Crippen molar-refractivity contribution in [2.75, 3.05) is 13.1 Å². The number of piperidine rings is 1. The molecule has 1 saturated heterocycles. The fraction of sp³-hybridized carbons (Fsp3) is 0.529. The third-order valence-electron chi connectivity index (χ3n) is 4.60. The van der Waals surface area contributed by atoms with Crippen LogP contribution in [0, 0.1) is 19.8 Å². The molecule has 1 fully saturated rings. The van der Waals surface area contributed by atoms with Crippen LogP contribution in [0.5, 0.6) is 0 Å². The lowest BCUT2D eigenvalue weighted by atomic mass is 9.98. The van der Waals surface area contributed by atoms with Gasteiger partial charge in [0, 0.05) is 13.1 Å². The van der Waals surface area contributed by atoms with Gasteiger partial charge in [-0.2, -0.15) is 10.1 Å². The molecule has 8 heteroatoms. The van der Waals surface area contributed by atoms with Gasteiger partial charge in [-0.1, -0.05) is 5.16 Å². The Balaban J connectivity index is 1.37. The molecule has 1 aliphatic rings. The number of aromatic nitrogens is 5. The molecule has 4 heterocycles. The van der Waals surface area contributed by atoms with Crippen LogP contribution < -0.4 is 0 Å². The molecular formula is C17H22N6O2. The van der Waals surface area contributed by atoms with Gasteiger partial charge < -0.3 is 8.94 Å². The monoisotopic (exact) mass is 342 g/mol. The number of furan rings is 1. The first-order valence-corrected chi connectivity index (χ1v) is 8.63. The van der Waals surface area contributed by atoms with Gasteiger partial charge in [0.05, 0.1) is 18.4 Å². The first kappa shape index (κ1) is 16.0. The average Bonchev–Trinajstić information content (AvgIpc) is 3.30. The number of nitrogens with zero attached hydrogens (tertiary/aromatic N) is 6. The van der Waals surface area contributed by atoms with Gasteiger partial charge in [-0.3, -0.25) is 4.90 Å². The minimum absolute atomic E-state index is 0.560. The molecule has 0 radical (unpaired) electrons. The standard InChI is InChI=1S/C17H22N6O2/c1-12-18-13(2)23(20-12)9-14-4-3-6-22(8-14)10-16-19-17(21-25-16)15-5-7-24-11-15/h5,7,11,14H,3-4,6,8-10H2,1-2H3. The van der Waals surface area contributed by atoms with Crippen LogP contribution in [-0.2, 0) is 13.1 Å². The highest BCUT2D eigenvalue weighted by molar-refractivity contribution is 5.51. The van der Waals surface area contributed by atoms with Crippen molar-refractivity contribution < 1.29 is 8.94 Å². The Hall–Kier alpha value is -2.48. The number of rotatable bonds is 5. The third kappa shape index (κ3) is 3.63. The predicted octanol–water partition coefficient (Wildman–Crippen LogP) is 2.45. The van der Waals surface area contributed by atoms with Crippen molar-refractivity contribution >= 4 is 0 Å². The summed E-state index contributed by atoms with van der Waals surface area (Å²) >= 11 is 0. The Morgan fingerprint density at radius 3 is 2.96 bits per heavy atom. The summed E-state index contributed by atoms with van der Waals surface area (Å²) in [4.78, 5) is 11.2. The van der Waals surface area contributed by atoms with E-state index in [1.54, 1.807) is 12.5 Å². The molecule has 0 bridgehead atoms. The molecule has 0 aliphatic carbocycles. The van der Waals surface area contributed by atoms with Gasteiger partial charge in [-0.25, -0.2) is 9.67 Å². The molecule has 3 aromatic heterocycles. The zero-order valence-corrected chi connectivity index (χ0v) is 14.6. The zero-order valence-electron chi connectivity index (χ0n) is 14.6. The maximum absolute atomic E-state index is 5.40. The Labute approximate surface area is 145 Å². The normalized spacial score (nSPS) is 18.7. The van der Waals surface area contributed by atoms with E-state index >= 15 is 0 Å². The number of hydrogen-bond donors (Lipinski definition) is 0. The SMILES string of the molecule is Cc1nc(C)n(CC2CCCN(Cc3nc(-c4ccoc4)no3)C2)n1. The molecule has 3 aromatic rings. The van der Waals surface area contributed by atoms with Gasteiger partial charge >= 0.3 is 0 Å². The minimum atomic E-state index is 0.560.